The summed E-state index contributed by atoms with van der Waals surface area (Å²) in [6, 6.07) is 0. The van der Waals surface area contributed by atoms with Crippen LogP contribution in [0, 0.1) is 5.41 Å². The highest BCUT2D eigenvalue weighted by molar-refractivity contribution is 6.12. The molecule has 2 heteroatoms. The topological polar surface area (TPSA) is 34.1 Å². The van der Waals surface area contributed by atoms with E-state index in [9.17, 15) is 9.59 Å². The van der Waals surface area contributed by atoms with Gasteiger partial charge in [0.2, 0.25) is 0 Å². The normalized spacial score (nSPS) is 21.1. The van der Waals surface area contributed by atoms with Crippen LogP contribution in [0.15, 0.2) is 0 Å². The molecule has 0 radical (unpaired) electrons. The van der Waals surface area contributed by atoms with Crippen LogP contribution in [0.4, 0.5) is 0 Å². The Hall–Kier alpha value is -0.660. The molecule has 0 heterocycles. The van der Waals surface area contributed by atoms with Gasteiger partial charge in [0.15, 0.2) is 0 Å². The quantitative estimate of drug-likeness (QED) is 0.494. The highest BCUT2D eigenvalue weighted by Crippen LogP contribution is 2.35. The van der Waals surface area contributed by atoms with E-state index in [0.29, 0.717) is 12.8 Å². The van der Waals surface area contributed by atoms with Crippen molar-refractivity contribution in [1.29, 1.82) is 0 Å². The fourth-order valence-electron chi connectivity index (χ4n) is 1.94. The van der Waals surface area contributed by atoms with Crippen LogP contribution >= 0.6 is 0 Å². The second-order valence-electron chi connectivity index (χ2n) is 4.14. The van der Waals surface area contributed by atoms with Crippen LogP contribution in [-0.4, -0.2) is 11.6 Å². The van der Waals surface area contributed by atoms with Gasteiger partial charge in [0.1, 0.15) is 11.6 Å². The van der Waals surface area contributed by atoms with Gasteiger partial charge >= 0.3 is 0 Å². The van der Waals surface area contributed by atoms with Crippen molar-refractivity contribution in [3.63, 3.8) is 0 Å². The Morgan fingerprint density at radius 1 is 1.15 bits per heavy atom. The van der Waals surface area contributed by atoms with Gasteiger partial charge in [-0.15, -0.1) is 0 Å². The maximum absolute atomic E-state index is 11.5. The zero-order valence-corrected chi connectivity index (χ0v) is 8.56. The Labute approximate surface area is 79.7 Å². The molecule has 13 heavy (non-hydrogen) atoms. The summed E-state index contributed by atoms with van der Waals surface area (Å²) in [7, 11) is 0. The molecule has 0 spiro atoms. The summed E-state index contributed by atoms with van der Waals surface area (Å²) in [6.45, 7) is 3.95. The third-order valence-electron chi connectivity index (χ3n) is 3.09. The van der Waals surface area contributed by atoms with E-state index in [1.165, 1.54) is 0 Å². The van der Waals surface area contributed by atoms with Crippen molar-refractivity contribution >= 4 is 11.6 Å². The first-order valence-electron chi connectivity index (χ1n) is 5.18. The lowest BCUT2D eigenvalue weighted by Crippen LogP contribution is -2.28. The van der Waals surface area contributed by atoms with Crippen LogP contribution in [0.1, 0.15) is 52.4 Å². The van der Waals surface area contributed by atoms with E-state index >= 15 is 0 Å². The van der Waals surface area contributed by atoms with Crippen LogP contribution in [0.5, 0.6) is 0 Å². The average Bonchev–Trinajstić information content (AvgIpc) is 2.35. The van der Waals surface area contributed by atoms with Crippen molar-refractivity contribution in [2.45, 2.75) is 52.4 Å². The van der Waals surface area contributed by atoms with E-state index in [1.54, 1.807) is 0 Å². The van der Waals surface area contributed by atoms with Crippen LogP contribution in [0.3, 0.4) is 0 Å². The number of rotatable bonds is 4. The minimum atomic E-state index is -0.616. The molecule has 1 saturated carbocycles. The number of carbonyl (C=O) groups excluding carboxylic acids is 2. The summed E-state index contributed by atoms with van der Waals surface area (Å²) in [5.74, 6) is 0.321. The molecule has 0 aliphatic heterocycles. The van der Waals surface area contributed by atoms with Gasteiger partial charge in [0, 0.05) is 12.8 Å². The van der Waals surface area contributed by atoms with Gasteiger partial charge in [-0.1, -0.05) is 26.2 Å². The molecule has 1 aliphatic carbocycles. The SMILES string of the molecule is CCCCCC1(C)C(=O)CCC1=O. The smallest absolute Gasteiger partial charge is 0.146 e. The van der Waals surface area contributed by atoms with Gasteiger partial charge in [-0.05, 0) is 13.3 Å². The fraction of sp³-hybridized carbons (Fsp3) is 0.818. The highest BCUT2D eigenvalue weighted by Gasteiger charge is 2.44. The largest absolute Gasteiger partial charge is 0.299 e. The minimum absolute atomic E-state index is 0.161. The lowest BCUT2D eigenvalue weighted by molar-refractivity contribution is -0.134. The van der Waals surface area contributed by atoms with Crippen LogP contribution in [0.25, 0.3) is 0 Å². The molecule has 0 aromatic carbocycles. The molecule has 0 saturated heterocycles. The molecular formula is C11H18O2. The zero-order chi connectivity index (χ0) is 9.90. The Balaban J connectivity index is 2.53. The number of hydrogen-bond acceptors (Lipinski definition) is 2. The Bertz CT molecular complexity index is 202. The monoisotopic (exact) mass is 182 g/mol. The second-order valence-corrected chi connectivity index (χ2v) is 4.14. The maximum atomic E-state index is 11.5. The van der Waals surface area contributed by atoms with Crippen LogP contribution in [0.2, 0.25) is 0 Å². The lowest BCUT2D eigenvalue weighted by atomic mass is 9.81. The summed E-state index contributed by atoms with van der Waals surface area (Å²) < 4.78 is 0. The van der Waals surface area contributed by atoms with Crippen molar-refractivity contribution in [3.8, 4) is 0 Å². The van der Waals surface area contributed by atoms with Crippen molar-refractivity contribution in [3.05, 3.63) is 0 Å². The van der Waals surface area contributed by atoms with E-state index < -0.39 is 5.41 Å². The molecule has 0 unspecified atom stereocenters. The molecule has 1 aliphatic rings. The van der Waals surface area contributed by atoms with Gasteiger partial charge in [-0.3, -0.25) is 9.59 Å². The average molecular weight is 182 g/mol. The van der Waals surface area contributed by atoms with E-state index in [4.69, 9.17) is 0 Å². The predicted octanol–water partition coefficient (Wildman–Crippen LogP) is 2.51. The molecule has 2 nitrogen and oxygen atoms in total. The zero-order valence-electron chi connectivity index (χ0n) is 8.56. The van der Waals surface area contributed by atoms with Crippen molar-refractivity contribution in [2.75, 3.05) is 0 Å². The van der Waals surface area contributed by atoms with Gasteiger partial charge in [0.25, 0.3) is 0 Å². The lowest BCUT2D eigenvalue weighted by Gasteiger charge is -2.19. The number of carbonyl (C=O) groups is 2. The van der Waals surface area contributed by atoms with E-state index in [1.807, 2.05) is 6.92 Å². The minimum Gasteiger partial charge on any atom is -0.299 e. The predicted molar refractivity (Wildman–Crippen MR) is 51.5 cm³/mol. The molecule has 1 fully saturated rings. The molecule has 74 valence electrons. The summed E-state index contributed by atoms with van der Waals surface area (Å²) in [5, 5.41) is 0. The van der Waals surface area contributed by atoms with E-state index in [-0.39, 0.29) is 11.6 Å². The number of Topliss-reactive ketones (excluding diaryl/α,β-unsaturated/α-hetero) is 2. The van der Waals surface area contributed by atoms with Crippen molar-refractivity contribution in [2.24, 2.45) is 5.41 Å². The molecule has 0 amide bonds. The van der Waals surface area contributed by atoms with Crippen molar-refractivity contribution < 1.29 is 9.59 Å². The Morgan fingerprint density at radius 2 is 1.69 bits per heavy atom. The first kappa shape index (κ1) is 10.4. The molecule has 1 rings (SSSR count). The number of unbranched alkanes of at least 4 members (excludes halogenated alkanes) is 2. The van der Waals surface area contributed by atoms with Gasteiger partial charge in [-0.2, -0.15) is 0 Å². The molecule has 0 atom stereocenters. The van der Waals surface area contributed by atoms with Gasteiger partial charge in [0.05, 0.1) is 5.41 Å². The van der Waals surface area contributed by atoms with E-state index in [2.05, 4.69) is 6.92 Å². The van der Waals surface area contributed by atoms with Gasteiger partial charge in [-0.25, -0.2) is 0 Å². The summed E-state index contributed by atoms with van der Waals surface area (Å²) in [5.41, 5.74) is -0.616. The number of hydrogen-bond donors (Lipinski definition) is 0. The Kier molecular flexibility index (Phi) is 3.23. The molecular weight excluding hydrogens is 164 g/mol. The summed E-state index contributed by atoms with van der Waals surface area (Å²) in [4.78, 5) is 23.0. The number of ketones is 2. The molecule has 0 aromatic heterocycles. The fourth-order valence-corrected chi connectivity index (χ4v) is 1.94. The Morgan fingerprint density at radius 3 is 2.15 bits per heavy atom. The summed E-state index contributed by atoms with van der Waals surface area (Å²) >= 11 is 0. The third-order valence-corrected chi connectivity index (χ3v) is 3.09. The maximum Gasteiger partial charge on any atom is 0.146 e. The van der Waals surface area contributed by atoms with Crippen LogP contribution in [-0.2, 0) is 9.59 Å². The first-order chi connectivity index (χ1) is 6.11. The highest BCUT2D eigenvalue weighted by atomic mass is 16.2. The third kappa shape index (κ3) is 1.98. The molecule has 0 N–H and O–H groups in total. The second kappa shape index (κ2) is 4.03. The summed E-state index contributed by atoms with van der Waals surface area (Å²) in [6.07, 6.45) is 4.97. The standard InChI is InChI=1S/C11H18O2/c1-3-4-5-8-11(2)9(12)6-7-10(11)13/h3-8H2,1-2H3. The molecule has 0 aromatic rings. The van der Waals surface area contributed by atoms with E-state index in [0.717, 1.165) is 25.7 Å². The molecule has 0 bridgehead atoms. The van der Waals surface area contributed by atoms with Crippen LogP contribution < -0.4 is 0 Å². The van der Waals surface area contributed by atoms with Crippen molar-refractivity contribution in [1.82, 2.24) is 0 Å². The first-order valence-corrected chi connectivity index (χ1v) is 5.18. The van der Waals surface area contributed by atoms with Gasteiger partial charge < -0.3 is 0 Å².